The van der Waals surface area contributed by atoms with Crippen LogP contribution in [0.25, 0.3) is 6.08 Å². The van der Waals surface area contributed by atoms with E-state index in [1.807, 2.05) is 50.2 Å². The molecule has 2 aromatic rings. The lowest BCUT2D eigenvalue weighted by Crippen LogP contribution is -2.32. The molecule has 6 nitrogen and oxygen atoms in total. The molecule has 0 atom stereocenters. The number of rotatable bonds is 6. The number of hydrogen-bond acceptors (Lipinski definition) is 5. The van der Waals surface area contributed by atoms with Crippen LogP contribution < -0.4 is 14.4 Å². The van der Waals surface area contributed by atoms with Crippen LogP contribution in [-0.4, -0.2) is 29.7 Å². The van der Waals surface area contributed by atoms with Crippen molar-refractivity contribution in [3.05, 3.63) is 56.9 Å². The predicted molar refractivity (Wildman–Crippen MR) is 141 cm³/mol. The highest BCUT2D eigenvalue weighted by Gasteiger charge is 2.29. The number of carbonyl (C=O) groups excluding carboxylic acids is 2. The Kier molecular flexibility index (Phi) is 7.78. The van der Waals surface area contributed by atoms with E-state index < -0.39 is 0 Å². The first kappa shape index (κ1) is 24.5. The van der Waals surface area contributed by atoms with E-state index in [9.17, 15) is 9.59 Å². The summed E-state index contributed by atoms with van der Waals surface area (Å²) in [5.41, 5.74) is 2.54. The van der Waals surface area contributed by atoms with Gasteiger partial charge in [-0.3, -0.25) is 14.5 Å². The number of halogens is 1. The summed E-state index contributed by atoms with van der Waals surface area (Å²) >= 11 is 4.81. The van der Waals surface area contributed by atoms with Crippen LogP contribution in [0.5, 0.6) is 11.5 Å². The highest BCUT2D eigenvalue weighted by atomic mass is 79.9. The summed E-state index contributed by atoms with van der Waals surface area (Å²) in [4.78, 5) is 31.2. The van der Waals surface area contributed by atoms with Gasteiger partial charge in [0.2, 0.25) is 5.91 Å². The molecular formula is C26H27BrN2O4S. The summed E-state index contributed by atoms with van der Waals surface area (Å²) in [6.07, 6.45) is 6.41. The van der Waals surface area contributed by atoms with Crippen LogP contribution in [0.4, 0.5) is 5.69 Å². The van der Waals surface area contributed by atoms with Crippen LogP contribution in [0.2, 0.25) is 0 Å². The van der Waals surface area contributed by atoms with Crippen molar-refractivity contribution in [2.75, 3.05) is 11.5 Å². The van der Waals surface area contributed by atoms with Gasteiger partial charge in [-0.05, 0) is 103 Å². The average molecular weight is 543 g/mol. The van der Waals surface area contributed by atoms with Gasteiger partial charge in [-0.15, -0.1) is 0 Å². The number of aryl methyl sites for hydroxylation is 1. The molecule has 1 fully saturated rings. The van der Waals surface area contributed by atoms with Gasteiger partial charge in [-0.25, -0.2) is 0 Å². The van der Waals surface area contributed by atoms with Crippen LogP contribution in [0.3, 0.4) is 0 Å². The Morgan fingerprint density at radius 2 is 1.94 bits per heavy atom. The molecule has 2 aromatic carbocycles. The predicted octanol–water partition coefficient (Wildman–Crippen LogP) is 6.50. The quantitative estimate of drug-likeness (QED) is 0.389. The number of nitrogens with zero attached hydrogens (tertiary/aromatic N) is 2. The topological polar surface area (TPSA) is 68.2 Å². The Morgan fingerprint density at radius 1 is 1.24 bits per heavy atom. The number of amidine groups is 1. The van der Waals surface area contributed by atoms with E-state index in [0.717, 1.165) is 28.4 Å². The van der Waals surface area contributed by atoms with Crippen molar-refractivity contribution in [3.8, 4) is 11.5 Å². The molecule has 0 N–H and O–H groups in total. The summed E-state index contributed by atoms with van der Waals surface area (Å²) in [5.74, 6) is 0.746. The van der Waals surface area contributed by atoms with Gasteiger partial charge in [-0.2, -0.15) is 4.99 Å². The van der Waals surface area contributed by atoms with Crippen molar-refractivity contribution in [1.29, 1.82) is 0 Å². The molecule has 8 heteroatoms. The van der Waals surface area contributed by atoms with Gasteiger partial charge >= 0.3 is 0 Å². The molecular weight excluding hydrogens is 516 g/mol. The second-order valence-corrected chi connectivity index (χ2v) is 10.2. The van der Waals surface area contributed by atoms with Gasteiger partial charge in [0, 0.05) is 6.92 Å². The van der Waals surface area contributed by atoms with E-state index in [-0.39, 0.29) is 17.9 Å². The number of aliphatic imine (C=N–C) groups is 1. The van der Waals surface area contributed by atoms with Gasteiger partial charge in [-0.1, -0.05) is 17.7 Å². The number of ether oxygens (including phenoxy) is 2. The van der Waals surface area contributed by atoms with Gasteiger partial charge in [0.1, 0.15) is 0 Å². The molecule has 0 radical (unpaired) electrons. The highest BCUT2D eigenvalue weighted by molar-refractivity contribution is 9.10. The van der Waals surface area contributed by atoms with Crippen molar-refractivity contribution in [2.45, 2.75) is 52.6 Å². The van der Waals surface area contributed by atoms with Crippen LogP contribution in [0.1, 0.15) is 50.7 Å². The van der Waals surface area contributed by atoms with E-state index in [1.54, 1.807) is 6.08 Å². The summed E-state index contributed by atoms with van der Waals surface area (Å²) in [5, 5.41) is 0.345. The number of benzene rings is 2. The number of anilines is 1. The average Bonchev–Trinajstić information content (AvgIpc) is 3.42. The molecule has 4 rings (SSSR count). The minimum absolute atomic E-state index is 0.196. The third-order valence-electron chi connectivity index (χ3n) is 5.62. The molecule has 0 bridgehead atoms. The Hall–Kier alpha value is -2.58. The van der Waals surface area contributed by atoms with Crippen LogP contribution >= 0.6 is 27.7 Å². The zero-order valence-corrected chi connectivity index (χ0v) is 21.9. The van der Waals surface area contributed by atoms with E-state index in [2.05, 4.69) is 20.9 Å². The maximum atomic E-state index is 12.7. The SMILES string of the molecule is CCOc1cc(/C=C2\SC(N(C(C)=O)c3ccc(C)cc3)=NC2=O)cc(Br)c1OC1CCCC1. The van der Waals surface area contributed by atoms with E-state index in [0.29, 0.717) is 33.9 Å². The first-order valence-electron chi connectivity index (χ1n) is 11.4. The number of carbonyl (C=O) groups is 2. The van der Waals surface area contributed by atoms with Crippen LogP contribution in [-0.2, 0) is 9.59 Å². The fraction of sp³-hybridized carbons (Fsp3) is 0.346. The zero-order chi connectivity index (χ0) is 24.2. The standard InChI is InChI=1S/C26H27BrN2O4S/c1-4-32-22-14-18(13-21(27)24(22)33-20-7-5-6-8-20)15-23-25(31)28-26(34-23)29(17(3)30)19-11-9-16(2)10-12-19/h9-15,20H,4-8H2,1-3H3/b23-15-. The second kappa shape index (κ2) is 10.8. The van der Waals surface area contributed by atoms with E-state index in [1.165, 1.54) is 36.4 Å². The Balaban J connectivity index is 1.60. The van der Waals surface area contributed by atoms with E-state index >= 15 is 0 Å². The normalized spacial score (nSPS) is 17.2. The Labute approximate surface area is 212 Å². The summed E-state index contributed by atoms with van der Waals surface area (Å²) in [6.45, 7) is 5.87. The lowest BCUT2D eigenvalue weighted by Gasteiger charge is -2.20. The molecule has 1 heterocycles. The fourth-order valence-corrected chi connectivity index (χ4v) is 5.52. The summed E-state index contributed by atoms with van der Waals surface area (Å²) in [7, 11) is 0. The number of hydrogen-bond donors (Lipinski definition) is 0. The van der Waals surface area contributed by atoms with Gasteiger partial charge in [0.05, 0.1) is 27.8 Å². The van der Waals surface area contributed by atoms with Crippen molar-refractivity contribution in [1.82, 2.24) is 0 Å². The molecule has 178 valence electrons. The largest absolute Gasteiger partial charge is 0.490 e. The molecule has 1 aliphatic heterocycles. The van der Waals surface area contributed by atoms with Gasteiger partial charge in [0.15, 0.2) is 16.7 Å². The number of amides is 2. The summed E-state index contributed by atoms with van der Waals surface area (Å²) in [6, 6.07) is 11.3. The molecule has 34 heavy (non-hydrogen) atoms. The molecule has 0 aromatic heterocycles. The molecule has 2 amide bonds. The smallest absolute Gasteiger partial charge is 0.286 e. The minimum atomic E-state index is -0.376. The van der Waals surface area contributed by atoms with Crippen LogP contribution in [0, 0.1) is 6.92 Å². The first-order chi connectivity index (χ1) is 16.4. The minimum Gasteiger partial charge on any atom is -0.490 e. The third kappa shape index (κ3) is 5.55. The molecule has 2 aliphatic rings. The maximum Gasteiger partial charge on any atom is 0.286 e. The Morgan fingerprint density at radius 3 is 2.59 bits per heavy atom. The Bertz CT molecular complexity index is 1150. The van der Waals surface area contributed by atoms with Crippen LogP contribution in [0.15, 0.2) is 50.8 Å². The lowest BCUT2D eigenvalue weighted by atomic mass is 10.1. The van der Waals surface area contributed by atoms with Crippen molar-refractivity contribution >= 4 is 56.4 Å². The molecule has 1 aliphatic carbocycles. The maximum absolute atomic E-state index is 12.7. The zero-order valence-electron chi connectivity index (χ0n) is 19.5. The molecule has 0 saturated heterocycles. The molecule has 1 saturated carbocycles. The lowest BCUT2D eigenvalue weighted by molar-refractivity contribution is -0.115. The number of thioether (sulfide) groups is 1. The monoisotopic (exact) mass is 542 g/mol. The second-order valence-electron chi connectivity index (χ2n) is 8.29. The summed E-state index contributed by atoms with van der Waals surface area (Å²) < 4.78 is 12.9. The van der Waals surface area contributed by atoms with Gasteiger partial charge in [0.25, 0.3) is 5.91 Å². The van der Waals surface area contributed by atoms with Gasteiger partial charge < -0.3 is 9.47 Å². The fourth-order valence-electron chi connectivity index (χ4n) is 3.99. The van der Waals surface area contributed by atoms with Crippen molar-refractivity contribution in [3.63, 3.8) is 0 Å². The third-order valence-corrected chi connectivity index (χ3v) is 7.18. The van der Waals surface area contributed by atoms with Crippen molar-refractivity contribution < 1.29 is 19.1 Å². The molecule has 0 spiro atoms. The van der Waals surface area contributed by atoms with E-state index in [4.69, 9.17) is 9.47 Å². The van der Waals surface area contributed by atoms with Crippen molar-refractivity contribution in [2.24, 2.45) is 4.99 Å². The molecule has 0 unspecified atom stereocenters. The highest BCUT2D eigenvalue weighted by Crippen LogP contribution is 2.41. The first-order valence-corrected chi connectivity index (χ1v) is 13.0.